The van der Waals surface area contributed by atoms with Crippen LogP contribution in [0.25, 0.3) is 11.3 Å². The van der Waals surface area contributed by atoms with Crippen molar-refractivity contribution >= 4 is 6.29 Å². The second-order valence-electron chi connectivity index (χ2n) is 5.45. The number of carbonyl (C=O) groups is 1. The first-order valence-electron chi connectivity index (χ1n) is 7.18. The molecule has 0 radical (unpaired) electrons. The minimum atomic E-state index is 0.371. The van der Waals surface area contributed by atoms with Gasteiger partial charge in [-0.25, -0.2) is 4.68 Å². The highest BCUT2D eigenvalue weighted by molar-refractivity contribution is 5.83. The second kappa shape index (κ2) is 5.93. The van der Waals surface area contributed by atoms with Crippen molar-refractivity contribution in [2.24, 2.45) is 0 Å². The molecule has 0 fully saturated rings. The number of aryl methyl sites for hydroxylation is 2. The van der Waals surface area contributed by atoms with Crippen LogP contribution in [0.2, 0.25) is 0 Å². The summed E-state index contributed by atoms with van der Waals surface area (Å²) in [5.41, 5.74) is 5.60. The fourth-order valence-corrected chi connectivity index (χ4v) is 2.39. The number of hydrogen-bond donors (Lipinski definition) is 0. The maximum atomic E-state index is 11.3. The van der Waals surface area contributed by atoms with Gasteiger partial charge in [0.25, 0.3) is 0 Å². The Labute approximate surface area is 129 Å². The molecule has 110 valence electrons. The number of aromatic nitrogens is 3. The summed E-state index contributed by atoms with van der Waals surface area (Å²) in [7, 11) is 0. The van der Waals surface area contributed by atoms with Crippen molar-refractivity contribution in [1.82, 2.24) is 15.0 Å². The summed E-state index contributed by atoms with van der Waals surface area (Å²) in [4.78, 5) is 11.3. The van der Waals surface area contributed by atoms with Crippen molar-refractivity contribution in [3.63, 3.8) is 0 Å². The van der Waals surface area contributed by atoms with Gasteiger partial charge in [-0.05, 0) is 19.4 Å². The molecular formula is C18H17N3O. The SMILES string of the molecule is Cc1ccc(Cn2nnc(C=O)c2-c2ccc(C)cc2)cc1. The third-order valence-electron chi connectivity index (χ3n) is 3.65. The monoisotopic (exact) mass is 291 g/mol. The zero-order chi connectivity index (χ0) is 15.5. The zero-order valence-corrected chi connectivity index (χ0v) is 12.7. The van der Waals surface area contributed by atoms with Gasteiger partial charge in [0, 0.05) is 5.56 Å². The summed E-state index contributed by atoms with van der Waals surface area (Å²) in [6.45, 7) is 4.68. The number of benzene rings is 2. The van der Waals surface area contributed by atoms with Crippen LogP contribution in [0.4, 0.5) is 0 Å². The van der Waals surface area contributed by atoms with E-state index in [-0.39, 0.29) is 0 Å². The largest absolute Gasteiger partial charge is 0.296 e. The van der Waals surface area contributed by atoms with E-state index in [4.69, 9.17) is 0 Å². The molecule has 1 aromatic heterocycles. The van der Waals surface area contributed by atoms with Gasteiger partial charge >= 0.3 is 0 Å². The molecule has 0 saturated carbocycles. The predicted octanol–water partition coefficient (Wildman–Crippen LogP) is 3.42. The fourth-order valence-electron chi connectivity index (χ4n) is 2.39. The van der Waals surface area contributed by atoms with Crippen LogP contribution < -0.4 is 0 Å². The van der Waals surface area contributed by atoms with E-state index in [1.54, 1.807) is 4.68 Å². The van der Waals surface area contributed by atoms with Gasteiger partial charge < -0.3 is 0 Å². The van der Waals surface area contributed by atoms with E-state index in [2.05, 4.69) is 41.5 Å². The summed E-state index contributed by atoms with van der Waals surface area (Å²) in [6.07, 6.45) is 0.758. The molecule has 0 aliphatic heterocycles. The minimum Gasteiger partial charge on any atom is -0.296 e. The first-order valence-corrected chi connectivity index (χ1v) is 7.18. The van der Waals surface area contributed by atoms with Gasteiger partial charge in [-0.2, -0.15) is 0 Å². The van der Waals surface area contributed by atoms with Crippen LogP contribution in [0, 0.1) is 13.8 Å². The lowest BCUT2D eigenvalue weighted by Gasteiger charge is -2.08. The van der Waals surface area contributed by atoms with E-state index in [1.165, 1.54) is 11.1 Å². The average molecular weight is 291 g/mol. The van der Waals surface area contributed by atoms with Crippen molar-refractivity contribution in [1.29, 1.82) is 0 Å². The summed E-state index contributed by atoms with van der Waals surface area (Å²) >= 11 is 0. The Morgan fingerprint density at radius 2 is 1.55 bits per heavy atom. The van der Waals surface area contributed by atoms with Crippen LogP contribution in [-0.2, 0) is 6.54 Å². The molecular weight excluding hydrogens is 274 g/mol. The Balaban J connectivity index is 2.01. The molecule has 3 rings (SSSR count). The number of carbonyl (C=O) groups excluding carboxylic acids is 1. The maximum absolute atomic E-state index is 11.3. The Kier molecular flexibility index (Phi) is 3.83. The quantitative estimate of drug-likeness (QED) is 0.692. The van der Waals surface area contributed by atoms with E-state index in [0.717, 1.165) is 23.1 Å². The van der Waals surface area contributed by atoms with Gasteiger partial charge in [-0.15, -0.1) is 5.10 Å². The Morgan fingerprint density at radius 3 is 2.14 bits per heavy atom. The first kappa shape index (κ1) is 14.2. The lowest BCUT2D eigenvalue weighted by Crippen LogP contribution is -2.04. The maximum Gasteiger partial charge on any atom is 0.172 e. The van der Waals surface area contributed by atoms with Crippen molar-refractivity contribution in [2.45, 2.75) is 20.4 Å². The van der Waals surface area contributed by atoms with Gasteiger partial charge in [-0.1, -0.05) is 64.9 Å². The molecule has 0 N–H and O–H groups in total. The van der Waals surface area contributed by atoms with Crippen molar-refractivity contribution in [3.05, 3.63) is 70.9 Å². The number of hydrogen-bond acceptors (Lipinski definition) is 3. The summed E-state index contributed by atoms with van der Waals surface area (Å²) in [5.74, 6) is 0. The van der Waals surface area contributed by atoms with Crippen LogP contribution in [0.1, 0.15) is 27.2 Å². The van der Waals surface area contributed by atoms with Crippen LogP contribution in [-0.4, -0.2) is 21.3 Å². The van der Waals surface area contributed by atoms with E-state index < -0.39 is 0 Å². The molecule has 22 heavy (non-hydrogen) atoms. The molecule has 1 heterocycles. The predicted molar refractivity (Wildman–Crippen MR) is 85.9 cm³/mol. The van der Waals surface area contributed by atoms with Gasteiger partial charge in [0.2, 0.25) is 0 Å². The van der Waals surface area contributed by atoms with E-state index in [1.807, 2.05) is 31.2 Å². The van der Waals surface area contributed by atoms with Crippen molar-refractivity contribution < 1.29 is 4.79 Å². The van der Waals surface area contributed by atoms with Crippen LogP contribution >= 0.6 is 0 Å². The molecule has 4 nitrogen and oxygen atoms in total. The van der Waals surface area contributed by atoms with E-state index in [9.17, 15) is 4.79 Å². The van der Waals surface area contributed by atoms with Crippen molar-refractivity contribution in [2.75, 3.05) is 0 Å². The zero-order valence-electron chi connectivity index (χ0n) is 12.7. The third-order valence-corrected chi connectivity index (χ3v) is 3.65. The lowest BCUT2D eigenvalue weighted by atomic mass is 10.1. The molecule has 0 saturated heterocycles. The highest BCUT2D eigenvalue weighted by Crippen LogP contribution is 2.22. The topological polar surface area (TPSA) is 47.8 Å². The number of nitrogens with zero attached hydrogens (tertiary/aromatic N) is 3. The fraction of sp³-hybridized carbons (Fsp3) is 0.167. The average Bonchev–Trinajstić information content (AvgIpc) is 2.93. The van der Waals surface area contributed by atoms with Gasteiger partial charge in [-0.3, -0.25) is 4.79 Å². The summed E-state index contributed by atoms with van der Waals surface area (Å²) in [6, 6.07) is 16.3. The first-order chi connectivity index (χ1) is 10.7. The highest BCUT2D eigenvalue weighted by atomic mass is 16.1. The summed E-state index contributed by atoms with van der Waals surface area (Å²) < 4.78 is 1.78. The van der Waals surface area contributed by atoms with E-state index in [0.29, 0.717) is 12.2 Å². The highest BCUT2D eigenvalue weighted by Gasteiger charge is 2.14. The van der Waals surface area contributed by atoms with E-state index >= 15 is 0 Å². The van der Waals surface area contributed by atoms with Crippen LogP contribution in [0.3, 0.4) is 0 Å². The van der Waals surface area contributed by atoms with Gasteiger partial charge in [0.15, 0.2) is 12.0 Å². The Bertz CT molecular complexity index is 786. The minimum absolute atomic E-state index is 0.371. The normalized spacial score (nSPS) is 10.6. The second-order valence-corrected chi connectivity index (χ2v) is 5.45. The molecule has 0 bridgehead atoms. The van der Waals surface area contributed by atoms with Crippen molar-refractivity contribution in [3.8, 4) is 11.3 Å². The lowest BCUT2D eigenvalue weighted by molar-refractivity contribution is 0.111. The Hall–Kier alpha value is -2.75. The molecule has 0 amide bonds. The van der Waals surface area contributed by atoms with Crippen LogP contribution in [0.15, 0.2) is 48.5 Å². The molecule has 4 heteroatoms. The third kappa shape index (κ3) is 2.81. The molecule has 0 aliphatic carbocycles. The number of rotatable bonds is 4. The van der Waals surface area contributed by atoms with Gasteiger partial charge in [0.1, 0.15) is 0 Å². The molecule has 0 atom stereocenters. The molecule has 3 aromatic rings. The molecule has 2 aromatic carbocycles. The molecule has 0 aliphatic rings. The molecule has 0 unspecified atom stereocenters. The van der Waals surface area contributed by atoms with Crippen LogP contribution in [0.5, 0.6) is 0 Å². The summed E-state index contributed by atoms with van der Waals surface area (Å²) in [5, 5.41) is 8.13. The number of aldehydes is 1. The Morgan fingerprint density at radius 1 is 0.955 bits per heavy atom. The standard InChI is InChI=1S/C18H17N3O/c1-13-3-7-15(8-4-13)11-21-18(17(12-22)19-20-21)16-9-5-14(2)6-10-16/h3-10,12H,11H2,1-2H3. The van der Waals surface area contributed by atoms with Gasteiger partial charge in [0.05, 0.1) is 12.2 Å². The molecule has 0 spiro atoms. The smallest absolute Gasteiger partial charge is 0.172 e.